The summed E-state index contributed by atoms with van der Waals surface area (Å²) in [6.45, 7) is 2.63. The lowest BCUT2D eigenvalue weighted by Crippen LogP contribution is -2.28. The largest absolute Gasteiger partial charge is 0.459 e. The summed E-state index contributed by atoms with van der Waals surface area (Å²) in [5, 5.41) is 2.97. The lowest BCUT2D eigenvalue weighted by atomic mass is 10.2. The molecule has 0 aliphatic carbocycles. The highest BCUT2D eigenvalue weighted by Crippen LogP contribution is 2.22. The maximum absolute atomic E-state index is 12.3. The number of para-hydroxylation sites is 2. The molecule has 5 heteroatoms. The fourth-order valence-electron chi connectivity index (χ4n) is 3.10. The molecule has 4 aromatic rings. The number of hydrogen-bond donors (Lipinski definition) is 1. The van der Waals surface area contributed by atoms with Gasteiger partial charge in [0.1, 0.15) is 5.82 Å². The smallest absolute Gasteiger partial charge is 0.287 e. The molecular formula is C21H19N3O2. The summed E-state index contributed by atoms with van der Waals surface area (Å²) < 4.78 is 7.33. The molecule has 0 aliphatic heterocycles. The van der Waals surface area contributed by atoms with E-state index in [1.165, 1.54) is 11.8 Å². The van der Waals surface area contributed by atoms with Crippen LogP contribution in [0.2, 0.25) is 0 Å². The molecule has 130 valence electrons. The summed E-state index contributed by atoms with van der Waals surface area (Å²) in [6.07, 6.45) is 1.49. The Bertz CT molecular complexity index is 1020. The van der Waals surface area contributed by atoms with Crippen LogP contribution >= 0.6 is 0 Å². The molecule has 5 nitrogen and oxygen atoms in total. The second-order valence-electron chi connectivity index (χ2n) is 6.20. The highest BCUT2D eigenvalue weighted by Gasteiger charge is 2.20. The first-order valence-electron chi connectivity index (χ1n) is 8.56. The van der Waals surface area contributed by atoms with Crippen molar-refractivity contribution < 1.29 is 9.21 Å². The summed E-state index contributed by atoms with van der Waals surface area (Å²) >= 11 is 0. The van der Waals surface area contributed by atoms with Gasteiger partial charge in [-0.05, 0) is 36.8 Å². The van der Waals surface area contributed by atoms with Gasteiger partial charge < -0.3 is 14.3 Å². The number of aromatic nitrogens is 2. The zero-order valence-corrected chi connectivity index (χ0v) is 14.4. The van der Waals surface area contributed by atoms with Crippen LogP contribution in [0.25, 0.3) is 11.0 Å². The second-order valence-corrected chi connectivity index (χ2v) is 6.20. The molecule has 1 N–H and O–H groups in total. The Labute approximate surface area is 151 Å². The van der Waals surface area contributed by atoms with Gasteiger partial charge in [0.25, 0.3) is 5.91 Å². The molecule has 2 aromatic heterocycles. The minimum atomic E-state index is -0.260. The third-order valence-electron chi connectivity index (χ3n) is 4.35. The lowest BCUT2D eigenvalue weighted by molar-refractivity contribution is 0.0909. The summed E-state index contributed by atoms with van der Waals surface area (Å²) in [6, 6.07) is 21.3. The van der Waals surface area contributed by atoms with Crippen LogP contribution in [0.5, 0.6) is 0 Å². The SMILES string of the molecule is C[C@H](NC(=O)c1ccco1)c1nc2ccccc2n1Cc1ccccc1. The maximum atomic E-state index is 12.3. The number of nitrogens with zero attached hydrogens (tertiary/aromatic N) is 2. The fraction of sp³-hybridized carbons (Fsp3) is 0.143. The van der Waals surface area contributed by atoms with Crippen LogP contribution in [0.1, 0.15) is 34.9 Å². The Hall–Kier alpha value is -3.34. The van der Waals surface area contributed by atoms with E-state index in [1.807, 2.05) is 43.3 Å². The number of furan rings is 1. The van der Waals surface area contributed by atoms with Crippen molar-refractivity contribution in [2.24, 2.45) is 0 Å². The average molecular weight is 345 g/mol. The van der Waals surface area contributed by atoms with Crippen molar-refractivity contribution in [1.29, 1.82) is 0 Å². The van der Waals surface area contributed by atoms with Gasteiger partial charge in [-0.1, -0.05) is 42.5 Å². The number of carbonyl (C=O) groups excluding carboxylic acids is 1. The number of benzene rings is 2. The minimum Gasteiger partial charge on any atom is -0.459 e. The molecule has 0 aliphatic rings. The molecule has 0 radical (unpaired) electrons. The van der Waals surface area contributed by atoms with E-state index in [4.69, 9.17) is 9.40 Å². The zero-order chi connectivity index (χ0) is 17.9. The first-order valence-corrected chi connectivity index (χ1v) is 8.56. The summed E-state index contributed by atoms with van der Waals surface area (Å²) in [4.78, 5) is 17.1. The van der Waals surface area contributed by atoms with Crippen LogP contribution in [0.3, 0.4) is 0 Å². The summed E-state index contributed by atoms with van der Waals surface area (Å²) in [7, 11) is 0. The average Bonchev–Trinajstić information content (AvgIpc) is 3.31. The van der Waals surface area contributed by atoms with Crippen molar-refractivity contribution in [3.8, 4) is 0 Å². The first kappa shape index (κ1) is 16.1. The highest BCUT2D eigenvalue weighted by atomic mass is 16.3. The van der Waals surface area contributed by atoms with Crippen LogP contribution in [0.15, 0.2) is 77.4 Å². The van der Waals surface area contributed by atoms with Crippen molar-refractivity contribution in [2.75, 3.05) is 0 Å². The molecule has 1 amide bonds. The molecule has 26 heavy (non-hydrogen) atoms. The maximum Gasteiger partial charge on any atom is 0.287 e. The molecular weight excluding hydrogens is 326 g/mol. The minimum absolute atomic E-state index is 0.249. The molecule has 0 saturated heterocycles. The predicted molar refractivity (Wildman–Crippen MR) is 99.9 cm³/mol. The van der Waals surface area contributed by atoms with Gasteiger partial charge in [-0.15, -0.1) is 0 Å². The topological polar surface area (TPSA) is 60.1 Å². The van der Waals surface area contributed by atoms with Crippen molar-refractivity contribution >= 4 is 16.9 Å². The molecule has 1 atom stereocenters. The van der Waals surface area contributed by atoms with Crippen LogP contribution in [0.4, 0.5) is 0 Å². The van der Waals surface area contributed by atoms with Crippen LogP contribution in [-0.2, 0) is 6.54 Å². The predicted octanol–water partition coefficient (Wildman–Crippen LogP) is 4.17. The van der Waals surface area contributed by atoms with Gasteiger partial charge in [-0.2, -0.15) is 0 Å². The second kappa shape index (κ2) is 6.88. The van der Waals surface area contributed by atoms with E-state index >= 15 is 0 Å². The number of fused-ring (bicyclic) bond motifs is 1. The fourth-order valence-corrected chi connectivity index (χ4v) is 3.10. The quantitative estimate of drug-likeness (QED) is 0.590. The van der Waals surface area contributed by atoms with E-state index in [2.05, 4.69) is 28.1 Å². The molecule has 0 spiro atoms. The third kappa shape index (κ3) is 3.11. The molecule has 0 unspecified atom stereocenters. The zero-order valence-electron chi connectivity index (χ0n) is 14.4. The van der Waals surface area contributed by atoms with Gasteiger partial charge in [0.05, 0.1) is 23.3 Å². The Kier molecular flexibility index (Phi) is 4.27. The van der Waals surface area contributed by atoms with Crippen LogP contribution in [-0.4, -0.2) is 15.5 Å². The number of imidazole rings is 1. The molecule has 0 bridgehead atoms. The van der Waals surface area contributed by atoms with E-state index in [0.717, 1.165) is 16.9 Å². The van der Waals surface area contributed by atoms with E-state index in [9.17, 15) is 4.79 Å². The lowest BCUT2D eigenvalue weighted by Gasteiger charge is -2.16. The number of rotatable bonds is 5. The monoisotopic (exact) mass is 345 g/mol. The van der Waals surface area contributed by atoms with Gasteiger partial charge in [-0.3, -0.25) is 4.79 Å². The van der Waals surface area contributed by atoms with Crippen molar-refractivity contribution in [3.63, 3.8) is 0 Å². The van der Waals surface area contributed by atoms with Gasteiger partial charge in [0.2, 0.25) is 0 Å². The molecule has 4 rings (SSSR count). The Morgan fingerprint density at radius 2 is 1.85 bits per heavy atom. The third-order valence-corrected chi connectivity index (χ3v) is 4.35. The first-order chi connectivity index (χ1) is 12.7. The number of nitrogens with one attached hydrogen (secondary N) is 1. The molecule has 0 fully saturated rings. The van der Waals surface area contributed by atoms with Gasteiger partial charge in [0, 0.05) is 6.54 Å². The highest BCUT2D eigenvalue weighted by molar-refractivity contribution is 5.91. The van der Waals surface area contributed by atoms with Gasteiger partial charge >= 0.3 is 0 Å². The van der Waals surface area contributed by atoms with Gasteiger partial charge in [0.15, 0.2) is 5.76 Å². The molecule has 2 heterocycles. The number of hydrogen-bond acceptors (Lipinski definition) is 3. The van der Waals surface area contributed by atoms with Crippen molar-refractivity contribution in [1.82, 2.24) is 14.9 Å². The van der Waals surface area contributed by atoms with Crippen molar-refractivity contribution in [3.05, 3.63) is 90.1 Å². The van der Waals surface area contributed by atoms with E-state index in [0.29, 0.717) is 12.3 Å². The van der Waals surface area contributed by atoms with E-state index in [-0.39, 0.29) is 11.9 Å². The standard InChI is InChI=1S/C21H19N3O2/c1-15(22-21(25)19-12-7-13-26-19)20-23-17-10-5-6-11-18(17)24(20)14-16-8-3-2-4-9-16/h2-13,15H,14H2,1H3,(H,22,25)/t15-/m0/s1. The normalized spacial score (nSPS) is 12.2. The summed E-state index contributed by atoms with van der Waals surface area (Å²) in [5.41, 5.74) is 3.14. The summed E-state index contributed by atoms with van der Waals surface area (Å²) in [5.74, 6) is 0.860. The Morgan fingerprint density at radius 1 is 1.08 bits per heavy atom. The Balaban J connectivity index is 1.69. The molecule has 0 saturated carbocycles. The van der Waals surface area contributed by atoms with Crippen LogP contribution in [0, 0.1) is 0 Å². The van der Waals surface area contributed by atoms with E-state index < -0.39 is 0 Å². The van der Waals surface area contributed by atoms with E-state index in [1.54, 1.807) is 12.1 Å². The number of carbonyl (C=O) groups is 1. The number of amides is 1. The van der Waals surface area contributed by atoms with Crippen molar-refractivity contribution in [2.45, 2.75) is 19.5 Å². The Morgan fingerprint density at radius 3 is 2.62 bits per heavy atom. The van der Waals surface area contributed by atoms with Crippen LogP contribution < -0.4 is 5.32 Å². The molecule has 2 aromatic carbocycles. The van der Waals surface area contributed by atoms with Gasteiger partial charge in [-0.25, -0.2) is 4.98 Å².